The number of nitrogens with zero attached hydrogens (tertiary/aromatic N) is 2. The van der Waals surface area contributed by atoms with Crippen LogP contribution in [-0.4, -0.2) is 30.4 Å². The first-order valence-corrected chi connectivity index (χ1v) is 10.8. The number of benzene rings is 2. The van der Waals surface area contributed by atoms with Crippen LogP contribution in [0, 0.1) is 0 Å². The van der Waals surface area contributed by atoms with E-state index in [2.05, 4.69) is 10.4 Å². The predicted molar refractivity (Wildman–Crippen MR) is 106 cm³/mol. The van der Waals surface area contributed by atoms with Crippen molar-refractivity contribution in [3.8, 4) is 5.69 Å². The molecule has 3 aromatic rings. The van der Waals surface area contributed by atoms with Crippen molar-refractivity contribution < 1.29 is 35.2 Å². The number of carbonyl (C=O) groups is 1. The van der Waals surface area contributed by atoms with Crippen LogP contribution in [0.25, 0.3) is 5.69 Å². The number of nitrogens with one attached hydrogen (secondary N) is 1. The van der Waals surface area contributed by atoms with E-state index in [-0.39, 0.29) is 27.9 Å². The lowest BCUT2D eigenvalue weighted by Crippen LogP contribution is -2.15. The Balaban J connectivity index is 1.88. The number of alkyl halides is 5. The Morgan fingerprint density at radius 2 is 1.62 bits per heavy atom. The minimum Gasteiger partial charge on any atom is -0.322 e. The van der Waals surface area contributed by atoms with Gasteiger partial charge in [-0.05, 0) is 48.5 Å². The fourth-order valence-electron chi connectivity index (χ4n) is 2.79. The Morgan fingerprint density at radius 1 is 1.00 bits per heavy atom. The first-order valence-electron chi connectivity index (χ1n) is 8.94. The van der Waals surface area contributed by atoms with Crippen LogP contribution in [0.15, 0.2) is 59.5 Å². The minimum absolute atomic E-state index is 0.0485. The fraction of sp³-hybridized carbons (Fsp3) is 0.200. The van der Waals surface area contributed by atoms with Crippen LogP contribution in [0.4, 0.5) is 27.6 Å². The quantitative estimate of drug-likeness (QED) is 0.547. The molecule has 32 heavy (non-hydrogen) atoms. The molecule has 0 saturated heterocycles. The van der Waals surface area contributed by atoms with Gasteiger partial charge in [-0.2, -0.15) is 27.1 Å². The molecule has 170 valence electrons. The second-order valence-electron chi connectivity index (χ2n) is 7.01. The van der Waals surface area contributed by atoms with Crippen LogP contribution in [-0.2, 0) is 21.9 Å². The van der Waals surface area contributed by atoms with E-state index in [4.69, 9.17) is 0 Å². The molecule has 2 aromatic carbocycles. The molecular weight excluding hydrogens is 457 g/mol. The summed E-state index contributed by atoms with van der Waals surface area (Å²) in [4.78, 5) is 12.4. The summed E-state index contributed by atoms with van der Waals surface area (Å²) in [5.41, 5.74) is -2.21. The van der Waals surface area contributed by atoms with Gasteiger partial charge in [-0.3, -0.25) is 4.79 Å². The molecule has 1 aromatic heterocycles. The van der Waals surface area contributed by atoms with Crippen LogP contribution >= 0.6 is 0 Å². The van der Waals surface area contributed by atoms with Crippen molar-refractivity contribution in [1.82, 2.24) is 9.78 Å². The predicted octanol–water partition coefficient (Wildman–Crippen LogP) is 4.66. The highest BCUT2D eigenvalue weighted by atomic mass is 32.2. The lowest BCUT2D eigenvalue weighted by molar-refractivity contribution is -0.141. The largest absolute Gasteiger partial charge is 0.435 e. The van der Waals surface area contributed by atoms with Crippen molar-refractivity contribution in [3.63, 3.8) is 0 Å². The summed E-state index contributed by atoms with van der Waals surface area (Å²) in [6, 6.07) is 10.6. The van der Waals surface area contributed by atoms with Crippen molar-refractivity contribution in [2.24, 2.45) is 0 Å². The van der Waals surface area contributed by atoms with Gasteiger partial charge in [0.05, 0.1) is 10.6 Å². The normalized spacial score (nSPS) is 12.6. The van der Waals surface area contributed by atoms with Crippen molar-refractivity contribution in [1.29, 1.82) is 0 Å². The molecule has 6 nitrogen and oxygen atoms in total. The summed E-state index contributed by atoms with van der Waals surface area (Å²) in [5.74, 6) is -4.23. The molecule has 0 unspecified atom stereocenters. The van der Waals surface area contributed by atoms with E-state index in [0.717, 1.165) is 6.26 Å². The van der Waals surface area contributed by atoms with Gasteiger partial charge in [-0.25, -0.2) is 13.1 Å². The molecule has 0 fully saturated rings. The Bertz CT molecular complexity index is 1260. The second kappa shape index (κ2) is 8.01. The zero-order valence-electron chi connectivity index (χ0n) is 16.6. The molecule has 0 spiro atoms. The van der Waals surface area contributed by atoms with Gasteiger partial charge < -0.3 is 5.32 Å². The smallest absolute Gasteiger partial charge is 0.322 e. The number of hydrogen-bond acceptors (Lipinski definition) is 4. The number of anilines is 1. The van der Waals surface area contributed by atoms with Crippen molar-refractivity contribution >= 4 is 21.4 Å². The maximum atomic E-state index is 13.8. The number of hydrogen-bond donors (Lipinski definition) is 1. The first-order chi connectivity index (χ1) is 14.7. The monoisotopic (exact) mass is 473 g/mol. The third kappa shape index (κ3) is 5.13. The van der Waals surface area contributed by atoms with Gasteiger partial charge in [0.15, 0.2) is 15.5 Å². The van der Waals surface area contributed by atoms with E-state index in [1.165, 1.54) is 48.5 Å². The van der Waals surface area contributed by atoms with Crippen molar-refractivity contribution in [2.75, 3.05) is 11.6 Å². The molecule has 1 heterocycles. The number of aromatic nitrogens is 2. The number of carbonyl (C=O) groups excluding carboxylic acids is 1. The summed E-state index contributed by atoms with van der Waals surface area (Å²) in [5, 5.41) is 5.75. The SMILES string of the molecule is CC(F)(F)c1cc(C(F)(F)F)nn1-c1ccc(NC(=O)c2cccc(S(C)(=O)=O)c2)cc1. The van der Waals surface area contributed by atoms with Crippen molar-refractivity contribution in [3.05, 3.63) is 71.5 Å². The van der Waals surface area contributed by atoms with Gasteiger partial charge in [-0.1, -0.05) is 6.07 Å². The van der Waals surface area contributed by atoms with Crippen LogP contribution in [0.1, 0.15) is 28.7 Å². The molecule has 0 bridgehead atoms. The minimum atomic E-state index is -4.90. The molecular formula is C20H16F5N3O3S. The van der Waals surface area contributed by atoms with Gasteiger partial charge in [0.25, 0.3) is 11.8 Å². The highest BCUT2D eigenvalue weighted by Gasteiger charge is 2.39. The standard InChI is InChI=1S/C20H16F5N3O3S/c1-19(21,22)17-11-16(20(23,24)25)27-28(17)14-8-6-13(7-9-14)26-18(29)12-4-3-5-15(10-12)32(2,30)31/h3-11H,1-2H3,(H,26,29). The number of halogens is 5. The van der Waals surface area contributed by atoms with E-state index in [1.54, 1.807) is 0 Å². The number of amides is 1. The lowest BCUT2D eigenvalue weighted by atomic mass is 10.2. The van der Waals surface area contributed by atoms with Gasteiger partial charge in [0.2, 0.25) is 0 Å². The number of rotatable bonds is 5. The van der Waals surface area contributed by atoms with Crippen LogP contribution in [0.3, 0.4) is 0 Å². The molecule has 12 heteroatoms. The Hall–Kier alpha value is -3.28. The van der Waals surface area contributed by atoms with E-state index in [0.29, 0.717) is 11.6 Å². The summed E-state index contributed by atoms with van der Waals surface area (Å²) in [7, 11) is -3.52. The summed E-state index contributed by atoms with van der Waals surface area (Å²) >= 11 is 0. The lowest BCUT2D eigenvalue weighted by Gasteiger charge is -2.13. The molecule has 3 rings (SSSR count). The molecule has 0 aliphatic heterocycles. The number of sulfone groups is 1. The van der Waals surface area contributed by atoms with E-state index in [9.17, 15) is 35.2 Å². The zero-order chi connectivity index (χ0) is 23.9. The molecule has 0 radical (unpaired) electrons. The Morgan fingerprint density at radius 3 is 2.16 bits per heavy atom. The van der Waals surface area contributed by atoms with E-state index in [1.807, 2.05) is 0 Å². The maximum absolute atomic E-state index is 13.8. The first kappa shape index (κ1) is 23.4. The third-order valence-corrected chi connectivity index (χ3v) is 5.45. The molecule has 1 N–H and O–H groups in total. The highest BCUT2D eigenvalue weighted by molar-refractivity contribution is 7.90. The van der Waals surface area contributed by atoms with Gasteiger partial charge in [0, 0.05) is 24.4 Å². The molecule has 0 aliphatic rings. The topological polar surface area (TPSA) is 81.1 Å². The van der Waals surface area contributed by atoms with Crippen LogP contribution < -0.4 is 5.32 Å². The highest BCUT2D eigenvalue weighted by Crippen LogP contribution is 2.35. The fourth-order valence-corrected chi connectivity index (χ4v) is 3.45. The van der Waals surface area contributed by atoms with Gasteiger partial charge >= 0.3 is 6.18 Å². The molecule has 0 saturated carbocycles. The van der Waals surface area contributed by atoms with Crippen LogP contribution in [0.2, 0.25) is 0 Å². The average Bonchev–Trinajstić information content (AvgIpc) is 3.14. The maximum Gasteiger partial charge on any atom is 0.435 e. The van der Waals surface area contributed by atoms with E-state index < -0.39 is 39.2 Å². The molecule has 0 atom stereocenters. The Labute approximate surface area is 179 Å². The van der Waals surface area contributed by atoms with Crippen LogP contribution in [0.5, 0.6) is 0 Å². The van der Waals surface area contributed by atoms with E-state index >= 15 is 0 Å². The second-order valence-corrected chi connectivity index (χ2v) is 9.03. The average molecular weight is 473 g/mol. The third-order valence-electron chi connectivity index (χ3n) is 4.34. The summed E-state index contributed by atoms with van der Waals surface area (Å²) in [6.45, 7) is 0.458. The zero-order valence-corrected chi connectivity index (χ0v) is 17.4. The van der Waals surface area contributed by atoms with Gasteiger partial charge in [0.1, 0.15) is 5.69 Å². The van der Waals surface area contributed by atoms with Gasteiger partial charge in [-0.15, -0.1) is 0 Å². The summed E-state index contributed by atoms with van der Waals surface area (Å²) < 4.78 is 90.3. The molecule has 1 amide bonds. The van der Waals surface area contributed by atoms with Crippen molar-refractivity contribution in [2.45, 2.75) is 23.9 Å². The summed E-state index contributed by atoms with van der Waals surface area (Å²) in [6.07, 6.45) is -3.91. The molecule has 0 aliphatic carbocycles. The Kier molecular flexibility index (Phi) is 5.85.